The number of phenols is 1. The van der Waals surface area contributed by atoms with Crippen LogP contribution in [0, 0.1) is 11.8 Å². The van der Waals surface area contributed by atoms with Crippen molar-refractivity contribution in [2.45, 2.75) is 84.1 Å². The fourth-order valence-electron chi connectivity index (χ4n) is 5.72. The van der Waals surface area contributed by atoms with Gasteiger partial charge in [0.25, 0.3) is 0 Å². The van der Waals surface area contributed by atoms with E-state index >= 15 is 0 Å². The first-order valence-electron chi connectivity index (χ1n) is 18.5. The molecule has 0 radical (unpaired) electrons. The molecule has 3 aromatic carbocycles. The van der Waals surface area contributed by atoms with E-state index in [0.29, 0.717) is 5.56 Å². The maximum Gasteiger partial charge on any atom is 0.244 e. The zero-order chi connectivity index (χ0) is 41.4. The first-order chi connectivity index (χ1) is 26.6. The minimum Gasteiger partial charge on any atom is -0.504 e. The molecule has 3 rings (SSSR count). The highest BCUT2D eigenvalue weighted by Crippen LogP contribution is 2.26. The second-order valence-electron chi connectivity index (χ2n) is 14.3. The number of carbonyl (C=O) groups is 6. The van der Waals surface area contributed by atoms with Crippen LogP contribution in [0.25, 0.3) is 6.08 Å². The average Bonchev–Trinajstić information content (AvgIpc) is 3.16. The van der Waals surface area contributed by atoms with E-state index in [1.54, 1.807) is 74.5 Å². The number of rotatable bonds is 20. The lowest BCUT2D eigenvalue weighted by atomic mass is 9.98. The summed E-state index contributed by atoms with van der Waals surface area (Å²) in [6.45, 7) is 8.70. The lowest BCUT2D eigenvalue weighted by Crippen LogP contribution is -2.60. The Kier molecular flexibility index (Phi) is 17.1. The standard InChI is InChI=1S/C42H54N6O8/c1-25(2)21-31(45-36(50)20-18-30-17-19-34(49)35(24-30)56-6)41(54)48-37(26(3)4)42(55)47-33(23-29-15-11-8-12-16-29)40(53)46-32(22-28-13-9-7-10-14-28)39(52)44-27(5)38(43)51/h7-20,24-27,31-33,37,49H,21-23H2,1-6H3,(H2,43,51)(H,44,52)(H,45,50)(H,46,53)(H,47,55)(H,48,54)/b20-18+/t27-,31-,32-,33-,37-/m1/s1. The van der Waals surface area contributed by atoms with Gasteiger partial charge in [0.1, 0.15) is 30.2 Å². The molecule has 14 nitrogen and oxygen atoms in total. The Bertz CT molecular complexity index is 1830. The summed E-state index contributed by atoms with van der Waals surface area (Å²) in [5.74, 6) is -4.10. The van der Waals surface area contributed by atoms with Gasteiger partial charge in [0, 0.05) is 18.9 Å². The molecule has 0 bridgehead atoms. The molecule has 56 heavy (non-hydrogen) atoms. The van der Waals surface area contributed by atoms with E-state index in [4.69, 9.17) is 10.5 Å². The number of nitrogens with two attached hydrogens (primary N) is 1. The molecule has 0 aliphatic rings. The number of amides is 6. The molecule has 5 atom stereocenters. The number of hydrogen-bond acceptors (Lipinski definition) is 8. The van der Waals surface area contributed by atoms with Crippen LogP contribution in [0.3, 0.4) is 0 Å². The third kappa shape index (κ3) is 14.2. The van der Waals surface area contributed by atoms with Crippen molar-refractivity contribution in [1.82, 2.24) is 26.6 Å². The molecular formula is C42H54N6O8. The third-order valence-electron chi connectivity index (χ3n) is 8.83. The molecule has 0 aliphatic heterocycles. The van der Waals surface area contributed by atoms with Crippen molar-refractivity contribution < 1.29 is 38.6 Å². The summed E-state index contributed by atoms with van der Waals surface area (Å²) in [5, 5.41) is 23.5. The third-order valence-corrected chi connectivity index (χ3v) is 8.83. The van der Waals surface area contributed by atoms with Gasteiger partial charge in [-0.05, 0) is 60.1 Å². The summed E-state index contributed by atoms with van der Waals surface area (Å²) in [6, 6.07) is 17.1. The van der Waals surface area contributed by atoms with Crippen molar-refractivity contribution in [3.63, 3.8) is 0 Å². The number of methoxy groups -OCH3 is 1. The number of phenolic OH excluding ortho intramolecular Hbond substituents is 1. The molecule has 300 valence electrons. The minimum atomic E-state index is -1.18. The van der Waals surface area contributed by atoms with Gasteiger partial charge in [-0.2, -0.15) is 0 Å². The van der Waals surface area contributed by atoms with E-state index in [1.165, 1.54) is 32.3 Å². The number of ether oxygens (including phenoxy) is 1. The molecule has 0 aliphatic carbocycles. The van der Waals surface area contributed by atoms with Crippen LogP contribution in [0.1, 0.15) is 57.7 Å². The van der Waals surface area contributed by atoms with Gasteiger partial charge in [-0.3, -0.25) is 28.8 Å². The predicted molar refractivity (Wildman–Crippen MR) is 213 cm³/mol. The molecule has 14 heteroatoms. The molecule has 0 fully saturated rings. The Balaban J connectivity index is 1.83. The van der Waals surface area contributed by atoms with Crippen molar-refractivity contribution in [1.29, 1.82) is 0 Å². The van der Waals surface area contributed by atoms with Crippen molar-refractivity contribution in [3.8, 4) is 11.5 Å². The van der Waals surface area contributed by atoms with Gasteiger partial charge in [0.15, 0.2) is 11.5 Å². The van der Waals surface area contributed by atoms with Crippen LogP contribution in [0.2, 0.25) is 0 Å². The van der Waals surface area contributed by atoms with Gasteiger partial charge in [-0.15, -0.1) is 0 Å². The molecule has 0 saturated heterocycles. The number of nitrogens with one attached hydrogen (secondary N) is 5. The maximum atomic E-state index is 14.0. The average molecular weight is 771 g/mol. The highest BCUT2D eigenvalue weighted by Gasteiger charge is 2.33. The van der Waals surface area contributed by atoms with E-state index in [2.05, 4.69) is 26.6 Å². The van der Waals surface area contributed by atoms with E-state index < -0.39 is 71.6 Å². The zero-order valence-electron chi connectivity index (χ0n) is 32.7. The van der Waals surface area contributed by atoms with E-state index in [0.717, 1.165) is 11.1 Å². The molecule has 3 aromatic rings. The summed E-state index contributed by atoms with van der Waals surface area (Å²) < 4.78 is 5.12. The van der Waals surface area contributed by atoms with Gasteiger partial charge in [-0.25, -0.2) is 0 Å². The Labute approximate surface area is 328 Å². The van der Waals surface area contributed by atoms with Gasteiger partial charge >= 0.3 is 0 Å². The number of primary amides is 1. The van der Waals surface area contributed by atoms with Crippen LogP contribution in [0.4, 0.5) is 0 Å². The van der Waals surface area contributed by atoms with Crippen LogP contribution in [-0.2, 0) is 41.6 Å². The quantitative estimate of drug-likeness (QED) is 0.0846. The second kappa shape index (κ2) is 21.6. The molecule has 0 heterocycles. The highest BCUT2D eigenvalue weighted by molar-refractivity contribution is 5.98. The van der Waals surface area contributed by atoms with Crippen LogP contribution in [0.15, 0.2) is 84.9 Å². The van der Waals surface area contributed by atoms with Crippen LogP contribution in [-0.4, -0.2) is 77.9 Å². The molecule has 0 spiro atoms. The van der Waals surface area contributed by atoms with Crippen LogP contribution in [0.5, 0.6) is 11.5 Å². The zero-order valence-corrected chi connectivity index (χ0v) is 32.7. The van der Waals surface area contributed by atoms with Crippen molar-refractivity contribution in [3.05, 3.63) is 102 Å². The molecule has 0 saturated carbocycles. The van der Waals surface area contributed by atoms with Crippen LogP contribution < -0.4 is 37.1 Å². The van der Waals surface area contributed by atoms with E-state index in [-0.39, 0.29) is 36.7 Å². The second-order valence-corrected chi connectivity index (χ2v) is 14.3. The molecule has 0 aromatic heterocycles. The summed E-state index contributed by atoms with van der Waals surface area (Å²) >= 11 is 0. The lowest BCUT2D eigenvalue weighted by Gasteiger charge is -2.28. The predicted octanol–water partition coefficient (Wildman–Crippen LogP) is 2.53. The molecule has 8 N–H and O–H groups in total. The summed E-state index contributed by atoms with van der Waals surface area (Å²) in [4.78, 5) is 79.9. The molecule has 6 amide bonds. The van der Waals surface area contributed by atoms with Crippen LogP contribution >= 0.6 is 0 Å². The van der Waals surface area contributed by atoms with Gasteiger partial charge in [0.2, 0.25) is 35.4 Å². The monoisotopic (exact) mass is 770 g/mol. The largest absolute Gasteiger partial charge is 0.504 e. The van der Waals surface area contributed by atoms with Gasteiger partial charge in [0.05, 0.1) is 7.11 Å². The van der Waals surface area contributed by atoms with Crippen molar-refractivity contribution >= 4 is 41.5 Å². The number of hydrogen-bond donors (Lipinski definition) is 7. The minimum absolute atomic E-state index is 0.00587. The summed E-state index contributed by atoms with van der Waals surface area (Å²) in [6.07, 6.45) is 3.17. The Morgan fingerprint density at radius 2 is 1.20 bits per heavy atom. The first-order valence-corrected chi connectivity index (χ1v) is 18.5. The fraction of sp³-hybridized carbons (Fsp3) is 0.381. The number of benzene rings is 3. The fourth-order valence-corrected chi connectivity index (χ4v) is 5.72. The van der Waals surface area contributed by atoms with Gasteiger partial charge in [-0.1, -0.05) is 94.4 Å². The number of carbonyl (C=O) groups excluding carboxylic acids is 6. The molecule has 0 unspecified atom stereocenters. The van der Waals surface area contributed by atoms with Crippen molar-refractivity contribution in [2.75, 3.05) is 7.11 Å². The van der Waals surface area contributed by atoms with E-state index in [9.17, 15) is 33.9 Å². The Hall–Kier alpha value is -6.18. The smallest absolute Gasteiger partial charge is 0.244 e. The highest BCUT2D eigenvalue weighted by atomic mass is 16.5. The first kappa shape index (κ1) is 44.2. The molecular weight excluding hydrogens is 716 g/mol. The SMILES string of the molecule is COc1cc(/C=C/C(=O)N[C@H](CC(C)C)C(=O)N[C@@H](C(=O)N[C@H](Cc2ccccc2)C(=O)N[C@H](Cc2ccccc2)C(=O)N[C@H](C)C(N)=O)C(C)C)ccc1O. The lowest BCUT2D eigenvalue weighted by molar-refractivity contribution is -0.135. The Morgan fingerprint density at radius 3 is 1.70 bits per heavy atom. The normalized spacial score (nSPS) is 13.9. The number of aromatic hydroxyl groups is 1. The van der Waals surface area contributed by atoms with E-state index in [1.807, 2.05) is 26.0 Å². The maximum absolute atomic E-state index is 14.0. The van der Waals surface area contributed by atoms with Crippen molar-refractivity contribution in [2.24, 2.45) is 17.6 Å². The topological polar surface area (TPSA) is 218 Å². The Morgan fingerprint density at radius 1 is 0.679 bits per heavy atom. The van der Waals surface area contributed by atoms with Gasteiger partial charge < -0.3 is 42.2 Å². The summed E-state index contributed by atoms with van der Waals surface area (Å²) in [5.41, 5.74) is 7.42. The summed E-state index contributed by atoms with van der Waals surface area (Å²) in [7, 11) is 1.41.